The number of ketones is 1. The highest BCUT2D eigenvalue weighted by Crippen LogP contribution is 2.01. The van der Waals surface area contributed by atoms with Crippen molar-refractivity contribution in [1.29, 1.82) is 0 Å². The third kappa shape index (κ3) is 2.65. The molecule has 0 radical (unpaired) electrons. The molecule has 0 aliphatic carbocycles. The first-order chi connectivity index (χ1) is 6.24. The van der Waals surface area contributed by atoms with Crippen molar-refractivity contribution in [3.8, 4) is 0 Å². The number of nitrogens with zero attached hydrogens (tertiary/aromatic N) is 1. The summed E-state index contributed by atoms with van der Waals surface area (Å²) in [4.78, 5) is 24.9. The van der Waals surface area contributed by atoms with Gasteiger partial charge in [0.15, 0.2) is 5.78 Å². The molecule has 0 saturated carbocycles. The van der Waals surface area contributed by atoms with E-state index >= 15 is 0 Å². The van der Waals surface area contributed by atoms with Gasteiger partial charge in [0.05, 0.1) is 0 Å². The van der Waals surface area contributed by atoms with Crippen LogP contribution in [-0.4, -0.2) is 16.7 Å². The zero-order chi connectivity index (χ0) is 9.68. The number of Topliss-reactive ketones (excluding diaryl/α,β-unsaturated/α-hetero) is 1. The summed E-state index contributed by atoms with van der Waals surface area (Å²) in [7, 11) is 0. The average Bonchev–Trinajstić information content (AvgIpc) is 2.15. The molecule has 13 heavy (non-hydrogen) atoms. The maximum atomic E-state index is 10.9. The van der Waals surface area contributed by atoms with Crippen molar-refractivity contribution in [3.63, 3.8) is 0 Å². The number of carbonyl (C=O) groups excluding carboxylic acids is 2. The SMILES string of the molecule is CC(=O)c1cccc(CC=C=O)n1. The summed E-state index contributed by atoms with van der Waals surface area (Å²) >= 11 is 0. The van der Waals surface area contributed by atoms with Gasteiger partial charge in [0.2, 0.25) is 0 Å². The number of pyridine rings is 1. The van der Waals surface area contributed by atoms with Crippen molar-refractivity contribution in [1.82, 2.24) is 4.98 Å². The molecule has 1 aromatic heterocycles. The molecule has 1 heterocycles. The molecule has 0 fully saturated rings. The summed E-state index contributed by atoms with van der Waals surface area (Å²) in [6, 6.07) is 5.16. The zero-order valence-electron chi connectivity index (χ0n) is 7.28. The Morgan fingerprint density at radius 2 is 2.38 bits per heavy atom. The van der Waals surface area contributed by atoms with Gasteiger partial charge in [0.1, 0.15) is 11.6 Å². The lowest BCUT2D eigenvalue weighted by Crippen LogP contribution is -1.99. The number of hydrogen-bond donors (Lipinski definition) is 0. The van der Waals surface area contributed by atoms with Crippen LogP contribution in [0.2, 0.25) is 0 Å². The third-order valence-electron chi connectivity index (χ3n) is 1.56. The quantitative estimate of drug-likeness (QED) is 0.512. The summed E-state index contributed by atoms with van der Waals surface area (Å²) in [5, 5.41) is 0. The van der Waals surface area contributed by atoms with Crippen LogP contribution in [0.1, 0.15) is 23.1 Å². The molecule has 0 saturated heterocycles. The predicted octanol–water partition coefficient (Wildman–Crippen LogP) is 1.21. The van der Waals surface area contributed by atoms with Crippen LogP contribution < -0.4 is 0 Å². The fourth-order valence-electron chi connectivity index (χ4n) is 0.936. The number of rotatable bonds is 3. The fraction of sp³-hybridized carbons (Fsp3) is 0.200. The van der Waals surface area contributed by atoms with Gasteiger partial charge >= 0.3 is 0 Å². The second kappa shape index (κ2) is 4.33. The second-order valence-corrected chi connectivity index (χ2v) is 2.60. The highest BCUT2D eigenvalue weighted by Gasteiger charge is 2.00. The van der Waals surface area contributed by atoms with E-state index in [4.69, 9.17) is 0 Å². The molecule has 3 nitrogen and oxygen atoms in total. The molecular weight excluding hydrogens is 166 g/mol. The van der Waals surface area contributed by atoms with Crippen molar-refractivity contribution in [3.05, 3.63) is 35.7 Å². The first kappa shape index (κ1) is 9.36. The van der Waals surface area contributed by atoms with Crippen LogP contribution >= 0.6 is 0 Å². The molecule has 0 aliphatic rings. The molecule has 1 aromatic rings. The molecular formula is C10H9NO2. The van der Waals surface area contributed by atoms with Gasteiger partial charge in [-0.3, -0.25) is 4.79 Å². The van der Waals surface area contributed by atoms with E-state index < -0.39 is 0 Å². The molecule has 0 aromatic carbocycles. The van der Waals surface area contributed by atoms with E-state index in [-0.39, 0.29) is 5.78 Å². The van der Waals surface area contributed by atoms with E-state index in [0.29, 0.717) is 17.8 Å². The molecule has 66 valence electrons. The number of aromatic nitrogens is 1. The highest BCUT2D eigenvalue weighted by molar-refractivity contribution is 5.92. The van der Waals surface area contributed by atoms with Crippen LogP contribution in [0.3, 0.4) is 0 Å². The average molecular weight is 175 g/mol. The molecule has 0 unspecified atom stereocenters. The number of allylic oxidation sites excluding steroid dienone is 1. The highest BCUT2D eigenvalue weighted by atomic mass is 16.1. The number of hydrogen-bond acceptors (Lipinski definition) is 3. The van der Waals surface area contributed by atoms with Gasteiger partial charge in [-0.1, -0.05) is 6.07 Å². The smallest absolute Gasteiger partial charge is 0.178 e. The van der Waals surface area contributed by atoms with Gasteiger partial charge in [0, 0.05) is 25.1 Å². The Labute approximate surface area is 76.1 Å². The van der Waals surface area contributed by atoms with Gasteiger partial charge in [-0.2, -0.15) is 0 Å². The minimum absolute atomic E-state index is 0.0723. The van der Waals surface area contributed by atoms with Crippen molar-refractivity contribution in [2.24, 2.45) is 0 Å². The Balaban J connectivity index is 2.91. The van der Waals surface area contributed by atoms with Crippen molar-refractivity contribution in [2.45, 2.75) is 13.3 Å². The Bertz CT molecular complexity index is 365. The van der Waals surface area contributed by atoms with E-state index in [0.717, 1.165) is 0 Å². The minimum atomic E-state index is -0.0723. The van der Waals surface area contributed by atoms with Gasteiger partial charge in [-0.25, -0.2) is 9.78 Å². The molecule has 0 amide bonds. The lowest BCUT2D eigenvalue weighted by atomic mass is 10.2. The minimum Gasteiger partial charge on any atom is -0.293 e. The van der Waals surface area contributed by atoms with Crippen LogP contribution in [0.15, 0.2) is 24.3 Å². The monoisotopic (exact) mass is 175 g/mol. The second-order valence-electron chi connectivity index (χ2n) is 2.60. The van der Waals surface area contributed by atoms with Crippen molar-refractivity contribution in [2.75, 3.05) is 0 Å². The van der Waals surface area contributed by atoms with Crippen molar-refractivity contribution < 1.29 is 9.59 Å². The molecule has 1 rings (SSSR count). The Morgan fingerprint density at radius 3 is 3.00 bits per heavy atom. The van der Waals surface area contributed by atoms with E-state index in [1.165, 1.54) is 13.0 Å². The summed E-state index contributed by atoms with van der Waals surface area (Å²) in [6.45, 7) is 1.46. The summed E-state index contributed by atoms with van der Waals surface area (Å²) in [5.41, 5.74) is 1.13. The normalized spacial score (nSPS) is 9.00. The zero-order valence-corrected chi connectivity index (χ0v) is 7.28. The Morgan fingerprint density at radius 1 is 1.62 bits per heavy atom. The first-order valence-corrected chi connectivity index (χ1v) is 3.90. The van der Waals surface area contributed by atoms with E-state index in [1.54, 1.807) is 24.1 Å². The molecule has 0 atom stereocenters. The largest absolute Gasteiger partial charge is 0.293 e. The third-order valence-corrected chi connectivity index (χ3v) is 1.56. The van der Waals surface area contributed by atoms with Gasteiger partial charge < -0.3 is 0 Å². The maximum Gasteiger partial charge on any atom is 0.178 e. The molecule has 0 N–H and O–H groups in total. The molecule has 0 aliphatic heterocycles. The van der Waals surface area contributed by atoms with Gasteiger partial charge in [-0.05, 0) is 12.1 Å². The van der Waals surface area contributed by atoms with E-state index in [1.807, 2.05) is 0 Å². The van der Waals surface area contributed by atoms with Crippen LogP contribution in [0.5, 0.6) is 0 Å². The van der Waals surface area contributed by atoms with E-state index in [2.05, 4.69) is 4.98 Å². The van der Waals surface area contributed by atoms with Crippen LogP contribution in [-0.2, 0) is 11.2 Å². The van der Waals surface area contributed by atoms with Crippen LogP contribution in [0.4, 0.5) is 0 Å². The van der Waals surface area contributed by atoms with Crippen molar-refractivity contribution >= 4 is 11.7 Å². The molecule has 3 heteroatoms. The topological polar surface area (TPSA) is 47.0 Å². The Kier molecular flexibility index (Phi) is 3.12. The lowest BCUT2D eigenvalue weighted by molar-refractivity contribution is 0.101. The van der Waals surface area contributed by atoms with Crippen LogP contribution in [0.25, 0.3) is 0 Å². The first-order valence-electron chi connectivity index (χ1n) is 3.90. The molecule has 0 spiro atoms. The maximum absolute atomic E-state index is 10.9. The summed E-state index contributed by atoms with van der Waals surface area (Å²) < 4.78 is 0. The fourth-order valence-corrected chi connectivity index (χ4v) is 0.936. The summed E-state index contributed by atoms with van der Waals surface area (Å²) in [6.07, 6.45) is 1.76. The molecule has 0 bridgehead atoms. The van der Waals surface area contributed by atoms with Crippen LogP contribution in [0, 0.1) is 0 Å². The van der Waals surface area contributed by atoms with Gasteiger partial charge in [0.25, 0.3) is 0 Å². The Hall–Kier alpha value is -1.73. The summed E-state index contributed by atoms with van der Waals surface area (Å²) in [5.74, 6) is 1.59. The van der Waals surface area contributed by atoms with Gasteiger partial charge in [-0.15, -0.1) is 0 Å². The van der Waals surface area contributed by atoms with E-state index in [9.17, 15) is 9.59 Å². The standard InChI is InChI=1S/C10H9NO2/c1-8(13)10-6-2-4-9(11-10)5-3-7-12/h2-4,6H,5H2,1H3. The predicted molar refractivity (Wildman–Crippen MR) is 48.2 cm³/mol. The lowest BCUT2D eigenvalue weighted by Gasteiger charge is -1.97. The number of carbonyl (C=O) groups is 1.